The first-order valence-electron chi connectivity index (χ1n) is 5.93. The van der Waals surface area contributed by atoms with Gasteiger partial charge in [-0.3, -0.25) is 4.79 Å². The number of rotatable bonds is 2. The van der Waals surface area contributed by atoms with Crippen LogP contribution in [0.4, 0.5) is 5.69 Å². The highest BCUT2D eigenvalue weighted by Crippen LogP contribution is 2.30. The number of carbonyl (C=O) groups excluding carboxylic acids is 1. The van der Waals surface area contributed by atoms with E-state index in [1.54, 1.807) is 24.4 Å². The number of hydrogen-bond donors (Lipinski definition) is 2. The summed E-state index contributed by atoms with van der Waals surface area (Å²) in [5.74, 6) is -0.131. The lowest BCUT2D eigenvalue weighted by Gasteiger charge is -2.04. The summed E-state index contributed by atoms with van der Waals surface area (Å²) in [5, 5.41) is 1.21. The number of nitrogen functional groups attached to an aromatic ring is 1. The van der Waals surface area contributed by atoms with E-state index in [1.807, 2.05) is 18.2 Å². The summed E-state index contributed by atoms with van der Waals surface area (Å²) in [6.45, 7) is 0. The van der Waals surface area contributed by atoms with Crippen LogP contribution < -0.4 is 5.73 Å². The minimum absolute atomic E-state index is 0.131. The fourth-order valence-corrected chi connectivity index (χ4v) is 3.03. The Morgan fingerprint density at radius 1 is 1.20 bits per heavy atom. The Bertz CT molecular complexity index is 826. The third-order valence-corrected chi connectivity index (χ3v) is 4.11. The highest BCUT2D eigenvalue weighted by Gasteiger charge is 2.18. The van der Waals surface area contributed by atoms with Crippen molar-refractivity contribution in [3.8, 4) is 0 Å². The van der Waals surface area contributed by atoms with Crippen LogP contribution in [0.25, 0.3) is 10.9 Å². The van der Waals surface area contributed by atoms with Crippen molar-refractivity contribution in [2.45, 2.75) is 0 Å². The number of nitrogens with one attached hydrogen (secondary N) is 1. The maximum atomic E-state index is 12.6. The van der Waals surface area contributed by atoms with Crippen molar-refractivity contribution in [1.29, 1.82) is 0 Å². The van der Waals surface area contributed by atoms with Crippen molar-refractivity contribution in [1.82, 2.24) is 4.98 Å². The molecule has 0 fully saturated rings. The normalized spacial score (nSPS) is 10.9. The van der Waals surface area contributed by atoms with E-state index in [4.69, 9.17) is 17.3 Å². The van der Waals surface area contributed by atoms with Gasteiger partial charge >= 0.3 is 0 Å². The second kappa shape index (κ2) is 4.96. The zero-order valence-electron chi connectivity index (χ0n) is 10.3. The molecule has 0 saturated carbocycles. The molecule has 3 aromatic rings. The lowest BCUT2D eigenvalue weighted by Crippen LogP contribution is -2.02. The summed E-state index contributed by atoms with van der Waals surface area (Å²) in [5.41, 5.74) is 8.11. The van der Waals surface area contributed by atoms with Crippen LogP contribution in [0.15, 0.2) is 47.1 Å². The van der Waals surface area contributed by atoms with Gasteiger partial charge in [-0.05, 0) is 30.3 Å². The molecule has 3 rings (SSSR count). The fraction of sp³-hybridized carbons (Fsp3) is 0. The van der Waals surface area contributed by atoms with E-state index in [0.717, 1.165) is 15.4 Å². The van der Waals surface area contributed by atoms with Gasteiger partial charge in [-0.2, -0.15) is 0 Å². The summed E-state index contributed by atoms with van der Waals surface area (Å²) < 4.78 is 0.867. The monoisotopic (exact) mass is 348 g/mol. The average molecular weight is 350 g/mol. The van der Waals surface area contributed by atoms with Crippen LogP contribution in [0.5, 0.6) is 0 Å². The van der Waals surface area contributed by atoms with Gasteiger partial charge in [0.2, 0.25) is 0 Å². The van der Waals surface area contributed by atoms with Gasteiger partial charge in [-0.25, -0.2) is 0 Å². The van der Waals surface area contributed by atoms with Gasteiger partial charge in [0, 0.05) is 38.4 Å². The Hall–Kier alpha value is -1.78. The fourth-order valence-electron chi connectivity index (χ4n) is 2.18. The number of nitrogens with two attached hydrogens (primary N) is 1. The SMILES string of the molecule is Nc1ccc(C(=O)c2c[nH]c3cccc(Br)c23)c(Cl)c1. The molecule has 2 aromatic carbocycles. The number of benzene rings is 2. The number of fused-ring (bicyclic) bond motifs is 1. The lowest BCUT2D eigenvalue weighted by atomic mass is 10.0. The Labute approximate surface area is 128 Å². The first kappa shape index (κ1) is 13.2. The molecule has 0 aliphatic heterocycles. The number of H-pyrrole nitrogens is 1. The molecule has 3 nitrogen and oxygen atoms in total. The maximum absolute atomic E-state index is 12.6. The van der Waals surface area contributed by atoms with E-state index in [2.05, 4.69) is 20.9 Å². The number of carbonyl (C=O) groups is 1. The smallest absolute Gasteiger partial charge is 0.196 e. The van der Waals surface area contributed by atoms with Crippen LogP contribution in [0.2, 0.25) is 5.02 Å². The van der Waals surface area contributed by atoms with Crippen LogP contribution in [-0.4, -0.2) is 10.8 Å². The molecular formula is C15H10BrClN2O. The van der Waals surface area contributed by atoms with Crippen molar-refractivity contribution in [2.24, 2.45) is 0 Å². The lowest BCUT2D eigenvalue weighted by molar-refractivity contribution is 0.104. The van der Waals surface area contributed by atoms with Crippen LogP contribution in [0.1, 0.15) is 15.9 Å². The molecule has 3 N–H and O–H groups in total. The Kier molecular flexibility index (Phi) is 3.28. The van der Waals surface area contributed by atoms with E-state index in [0.29, 0.717) is 21.8 Å². The van der Waals surface area contributed by atoms with E-state index < -0.39 is 0 Å². The number of ketones is 1. The number of hydrogen-bond acceptors (Lipinski definition) is 2. The Morgan fingerprint density at radius 3 is 2.75 bits per heavy atom. The van der Waals surface area contributed by atoms with Crippen molar-refractivity contribution in [3.05, 3.63) is 63.2 Å². The van der Waals surface area contributed by atoms with Gasteiger partial charge in [-0.1, -0.05) is 33.6 Å². The quantitative estimate of drug-likeness (QED) is 0.532. The van der Waals surface area contributed by atoms with Crippen LogP contribution in [0.3, 0.4) is 0 Å². The zero-order valence-corrected chi connectivity index (χ0v) is 12.6. The predicted octanol–water partition coefficient (Wildman–Crippen LogP) is 4.40. The van der Waals surface area contributed by atoms with Crippen molar-refractivity contribution in [2.75, 3.05) is 5.73 Å². The molecule has 20 heavy (non-hydrogen) atoms. The number of anilines is 1. The molecule has 0 unspecified atom stereocenters. The molecule has 0 bridgehead atoms. The minimum Gasteiger partial charge on any atom is -0.399 e. The summed E-state index contributed by atoms with van der Waals surface area (Å²) in [6.07, 6.45) is 1.70. The Balaban J connectivity index is 2.18. The van der Waals surface area contributed by atoms with Crippen LogP contribution in [-0.2, 0) is 0 Å². The zero-order chi connectivity index (χ0) is 14.3. The number of halogens is 2. The third-order valence-electron chi connectivity index (χ3n) is 3.14. The predicted molar refractivity (Wildman–Crippen MR) is 85.3 cm³/mol. The third kappa shape index (κ3) is 2.11. The van der Waals surface area contributed by atoms with Gasteiger partial charge in [0.05, 0.1) is 5.02 Å². The average Bonchev–Trinajstić information content (AvgIpc) is 2.83. The molecule has 0 atom stereocenters. The summed E-state index contributed by atoms with van der Waals surface area (Å²) in [4.78, 5) is 15.7. The highest BCUT2D eigenvalue weighted by molar-refractivity contribution is 9.10. The molecule has 0 aliphatic carbocycles. The molecule has 1 aromatic heterocycles. The maximum Gasteiger partial charge on any atom is 0.196 e. The first-order chi connectivity index (χ1) is 9.58. The van der Waals surface area contributed by atoms with Crippen molar-refractivity contribution >= 4 is 49.9 Å². The van der Waals surface area contributed by atoms with Gasteiger partial charge in [0.25, 0.3) is 0 Å². The number of aromatic amines is 1. The minimum atomic E-state index is -0.131. The summed E-state index contributed by atoms with van der Waals surface area (Å²) >= 11 is 9.58. The molecule has 1 heterocycles. The molecular weight excluding hydrogens is 340 g/mol. The van der Waals surface area contributed by atoms with Gasteiger partial charge in [0.15, 0.2) is 5.78 Å². The second-order valence-corrected chi connectivity index (χ2v) is 5.69. The highest BCUT2D eigenvalue weighted by atomic mass is 79.9. The summed E-state index contributed by atoms with van der Waals surface area (Å²) in [6, 6.07) is 10.6. The molecule has 5 heteroatoms. The standard InChI is InChI=1S/C15H10BrClN2O/c16-11-2-1-3-13-14(11)10(7-19-13)15(20)9-5-4-8(18)6-12(9)17/h1-7,19H,18H2. The van der Waals surface area contributed by atoms with Crippen LogP contribution in [0, 0.1) is 0 Å². The van der Waals surface area contributed by atoms with E-state index >= 15 is 0 Å². The largest absolute Gasteiger partial charge is 0.399 e. The first-order valence-corrected chi connectivity index (χ1v) is 7.10. The van der Waals surface area contributed by atoms with E-state index in [1.165, 1.54) is 0 Å². The van der Waals surface area contributed by atoms with Crippen LogP contribution >= 0.6 is 27.5 Å². The van der Waals surface area contributed by atoms with Crippen molar-refractivity contribution < 1.29 is 4.79 Å². The molecule has 0 spiro atoms. The van der Waals surface area contributed by atoms with Crippen molar-refractivity contribution in [3.63, 3.8) is 0 Å². The molecule has 0 radical (unpaired) electrons. The number of aromatic nitrogens is 1. The molecule has 0 saturated heterocycles. The van der Waals surface area contributed by atoms with Gasteiger partial charge in [-0.15, -0.1) is 0 Å². The summed E-state index contributed by atoms with van der Waals surface area (Å²) in [7, 11) is 0. The molecule has 100 valence electrons. The Morgan fingerprint density at radius 2 is 2.00 bits per heavy atom. The van der Waals surface area contributed by atoms with E-state index in [-0.39, 0.29) is 5.78 Å². The topological polar surface area (TPSA) is 58.9 Å². The molecule has 0 aliphatic rings. The van der Waals surface area contributed by atoms with Gasteiger partial charge in [0.1, 0.15) is 0 Å². The van der Waals surface area contributed by atoms with Gasteiger partial charge < -0.3 is 10.7 Å². The molecule has 0 amide bonds. The second-order valence-electron chi connectivity index (χ2n) is 4.43. The van der Waals surface area contributed by atoms with E-state index in [9.17, 15) is 4.79 Å².